The van der Waals surface area contributed by atoms with Crippen molar-refractivity contribution in [2.24, 2.45) is 0 Å². The molecule has 0 radical (unpaired) electrons. The van der Waals surface area contributed by atoms with Crippen LogP contribution >= 0.6 is 11.3 Å². The molecule has 1 aliphatic carbocycles. The Labute approximate surface area is 73.4 Å². The number of fused-ring (bicyclic) bond motifs is 1. The number of aliphatic hydroxyl groups excluding tert-OH is 1. The van der Waals surface area contributed by atoms with Gasteiger partial charge in [-0.2, -0.15) is 4.39 Å². The highest BCUT2D eigenvalue weighted by Crippen LogP contribution is 2.30. The van der Waals surface area contributed by atoms with Crippen LogP contribution in [0, 0.1) is 5.13 Å². The van der Waals surface area contributed by atoms with Gasteiger partial charge < -0.3 is 5.11 Å². The highest BCUT2D eigenvalue weighted by molar-refractivity contribution is 7.08. The van der Waals surface area contributed by atoms with E-state index in [-0.39, 0.29) is 11.7 Å². The molecule has 1 aliphatic heterocycles. The molecule has 0 spiro atoms. The van der Waals surface area contributed by atoms with E-state index in [0.29, 0.717) is 0 Å². The van der Waals surface area contributed by atoms with Crippen LogP contribution in [0.4, 0.5) is 4.39 Å². The predicted octanol–water partition coefficient (Wildman–Crippen LogP) is 2.48. The SMILES string of the molecule is OCc1ccc2csc(F)cc1-2. The molecule has 0 saturated heterocycles. The maximum Gasteiger partial charge on any atom is 0.177 e. The normalized spacial score (nSPS) is 10.8. The van der Waals surface area contributed by atoms with Crippen molar-refractivity contribution in [2.75, 3.05) is 0 Å². The Balaban J connectivity index is 2.65. The van der Waals surface area contributed by atoms with Crippen LogP contribution < -0.4 is 0 Å². The molecule has 1 N–H and O–H groups in total. The summed E-state index contributed by atoms with van der Waals surface area (Å²) in [5.74, 6) is 0. The third-order valence-corrected chi connectivity index (χ3v) is 2.56. The van der Waals surface area contributed by atoms with Crippen molar-refractivity contribution in [1.29, 1.82) is 0 Å². The summed E-state index contributed by atoms with van der Waals surface area (Å²) >= 11 is 1.07. The van der Waals surface area contributed by atoms with Crippen LogP contribution in [-0.2, 0) is 6.61 Å². The smallest absolute Gasteiger partial charge is 0.177 e. The van der Waals surface area contributed by atoms with Gasteiger partial charge in [-0.3, -0.25) is 0 Å². The first kappa shape index (κ1) is 7.71. The summed E-state index contributed by atoms with van der Waals surface area (Å²) in [6.07, 6.45) is 0. The Morgan fingerprint density at radius 3 is 3.00 bits per heavy atom. The molecule has 12 heavy (non-hydrogen) atoms. The molecule has 2 aliphatic rings. The predicted molar refractivity (Wildman–Crippen MR) is 46.8 cm³/mol. The molecule has 0 atom stereocenters. The van der Waals surface area contributed by atoms with Gasteiger partial charge in [0.2, 0.25) is 0 Å². The van der Waals surface area contributed by atoms with Crippen LogP contribution in [0.15, 0.2) is 23.6 Å². The molecule has 3 heteroatoms. The van der Waals surface area contributed by atoms with E-state index in [1.807, 2.05) is 12.1 Å². The second-order valence-electron chi connectivity index (χ2n) is 2.57. The average Bonchev–Trinajstić information content (AvgIpc) is 2.46. The zero-order chi connectivity index (χ0) is 8.55. The first-order valence-electron chi connectivity index (χ1n) is 3.58. The fraction of sp³-hybridized carbons (Fsp3) is 0.111. The summed E-state index contributed by atoms with van der Waals surface area (Å²) in [4.78, 5) is 0. The van der Waals surface area contributed by atoms with Gasteiger partial charge >= 0.3 is 0 Å². The molecular weight excluding hydrogens is 175 g/mol. The molecule has 0 fully saturated rings. The fourth-order valence-corrected chi connectivity index (χ4v) is 1.87. The van der Waals surface area contributed by atoms with Gasteiger partial charge in [0.1, 0.15) is 0 Å². The van der Waals surface area contributed by atoms with Gasteiger partial charge in [0.15, 0.2) is 5.13 Å². The number of aliphatic hydroxyl groups is 1. The molecule has 0 aromatic rings. The lowest BCUT2D eigenvalue weighted by molar-refractivity contribution is 0.282. The van der Waals surface area contributed by atoms with Gasteiger partial charge in [0.25, 0.3) is 0 Å². The minimum atomic E-state index is -0.219. The van der Waals surface area contributed by atoms with Crippen LogP contribution in [0.1, 0.15) is 5.56 Å². The van der Waals surface area contributed by atoms with Crippen molar-refractivity contribution in [3.05, 3.63) is 34.3 Å². The third-order valence-electron chi connectivity index (χ3n) is 1.85. The molecular formula is C9H7FOS. The van der Waals surface area contributed by atoms with E-state index in [9.17, 15) is 4.39 Å². The van der Waals surface area contributed by atoms with E-state index in [2.05, 4.69) is 0 Å². The lowest BCUT2D eigenvalue weighted by Crippen LogP contribution is -1.82. The first-order chi connectivity index (χ1) is 5.81. The van der Waals surface area contributed by atoms with Crippen molar-refractivity contribution in [1.82, 2.24) is 0 Å². The largest absolute Gasteiger partial charge is 0.392 e. The molecule has 2 rings (SSSR count). The fourth-order valence-electron chi connectivity index (χ4n) is 1.24. The second-order valence-corrected chi connectivity index (χ2v) is 3.43. The molecule has 0 aromatic heterocycles. The zero-order valence-corrected chi connectivity index (χ0v) is 7.07. The monoisotopic (exact) mass is 182 g/mol. The van der Waals surface area contributed by atoms with Gasteiger partial charge in [-0.25, -0.2) is 0 Å². The van der Waals surface area contributed by atoms with Gasteiger partial charge in [-0.05, 0) is 22.8 Å². The Morgan fingerprint density at radius 2 is 2.25 bits per heavy atom. The van der Waals surface area contributed by atoms with Crippen molar-refractivity contribution in [3.63, 3.8) is 0 Å². The summed E-state index contributed by atoms with van der Waals surface area (Å²) in [6.45, 7) is -0.0301. The third kappa shape index (κ3) is 1.11. The summed E-state index contributed by atoms with van der Waals surface area (Å²) in [5.41, 5.74) is 2.59. The second kappa shape index (κ2) is 2.84. The zero-order valence-electron chi connectivity index (χ0n) is 6.25. The Bertz CT molecular complexity index is 369. The highest BCUT2D eigenvalue weighted by Gasteiger charge is 2.09. The van der Waals surface area contributed by atoms with Gasteiger partial charge in [-0.1, -0.05) is 12.1 Å². The molecule has 0 amide bonds. The summed E-state index contributed by atoms with van der Waals surface area (Å²) in [7, 11) is 0. The quantitative estimate of drug-likeness (QED) is 0.718. The van der Waals surface area contributed by atoms with Crippen molar-refractivity contribution in [2.45, 2.75) is 6.61 Å². The van der Waals surface area contributed by atoms with E-state index >= 15 is 0 Å². The minimum Gasteiger partial charge on any atom is -0.392 e. The highest BCUT2D eigenvalue weighted by atomic mass is 32.1. The van der Waals surface area contributed by atoms with Crippen LogP contribution in [-0.4, -0.2) is 5.11 Å². The molecule has 0 bridgehead atoms. The van der Waals surface area contributed by atoms with E-state index in [1.54, 1.807) is 5.38 Å². The number of hydrogen-bond donors (Lipinski definition) is 1. The number of halogens is 1. The molecule has 1 heterocycles. The lowest BCUT2D eigenvalue weighted by atomic mass is 10.1. The standard InChI is InChI=1S/C9H7FOS/c10-9-3-8-6(4-11)1-2-7(8)5-12-9/h1-3,5,11H,4H2. The van der Waals surface area contributed by atoms with Crippen LogP contribution in [0.25, 0.3) is 11.1 Å². The van der Waals surface area contributed by atoms with Crippen molar-refractivity contribution >= 4 is 11.3 Å². The van der Waals surface area contributed by atoms with Gasteiger partial charge in [0, 0.05) is 5.38 Å². The Kier molecular flexibility index (Phi) is 1.83. The summed E-state index contributed by atoms with van der Waals surface area (Å²) in [6, 6.07) is 5.17. The Morgan fingerprint density at radius 1 is 1.42 bits per heavy atom. The summed E-state index contributed by atoms with van der Waals surface area (Å²) < 4.78 is 12.8. The average molecular weight is 182 g/mol. The molecule has 1 nitrogen and oxygen atoms in total. The maximum absolute atomic E-state index is 12.8. The van der Waals surface area contributed by atoms with Gasteiger partial charge in [-0.15, -0.1) is 11.3 Å². The topological polar surface area (TPSA) is 20.2 Å². The van der Waals surface area contributed by atoms with E-state index in [1.165, 1.54) is 6.07 Å². The van der Waals surface area contributed by atoms with Gasteiger partial charge in [0.05, 0.1) is 6.61 Å². The molecule has 62 valence electrons. The molecule has 0 aromatic carbocycles. The minimum absolute atomic E-state index is 0.0301. The Hall–Kier alpha value is -0.930. The lowest BCUT2D eigenvalue weighted by Gasteiger charge is -1.99. The summed E-state index contributed by atoms with van der Waals surface area (Å²) in [5, 5.41) is 10.4. The van der Waals surface area contributed by atoms with E-state index in [4.69, 9.17) is 5.11 Å². The number of rotatable bonds is 1. The maximum atomic E-state index is 12.8. The van der Waals surface area contributed by atoms with Crippen LogP contribution in [0.3, 0.4) is 0 Å². The number of hydrogen-bond acceptors (Lipinski definition) is 2. The van der Waals surface area contributed by atoms with Crippen molar-refractivity contribution in [3.8, 4) is 11.1 Å². The first-order valence-corrected chi connectivity index (χ1v) is 4.45. The van der Waals surface area contributed by atoms with E-state index < -0.39 is 0 Å². The molecule has 0 unspecified atom stereocenters. The van der Waals surface area contributed by atoms with Crippen molar-refractivity contribution < 1.29 is 9.50 Å². The van der Waals surface area contributed by atoms with Crippen LogP contribution in [0.2, 0.25) is 0 Å². The van der Waals surface area contributed by atoms with E-state index in [0.717, 1.165) is 28.0 Å². The van der Waals surface area contributed by atoms with Crippen LogP contribution in [0.5, 0.6) is 0 Å². The molecule has 0 saturated carbocycles.